The number of hydrogen-bond acceptors (Lipinski definition) is 5. The van der Waals surface area contributed by atoms with E-state index < -0.39 is 22.1 Å². The summed E-state index contributed by atoms with van der Waals surface area (Å²) in [6.45, 7) is 2.04. The number of rotatable bonds is 6. The molecular formula is C21H23NO5S. The van der Waals surface area contributed by atoms with Gasteiger partial charge in [-0.25, -0.2) is 13.2 Å². The summed E-state index contributed by atoms with van der Waals surface area (Å²) in [6.07, 6.45) is 1.96. The number of ether oxygens (including phenoxy) is 1. The van der Waals surface area contributed by atoms with Crippen molar-refractivity contribution >= 4 is 27.5 Å². The van der Waals surface area contributed by atoms with E-state index >= 15 is 0 Å². The molecule has 2 aromatic rings. The molecule has 6 nitrogen and oxygen atoms in total. The molecule has 3 rings (SSSR count). The van der Waals surface area contributed by atoms with Crippen molar-refractivity contribution in [2.24, 2.45) is 0 Å². The third kappa shape index (κ3) is 4.25. The van der Waals surface area contributed by atoms with E-state index in [1.807, 2.05) is 6.07 Å². The lowest BCUT2D eigenvalue weighted by Crippen LogP contribution is -2.31. The zero-order valence-electron chi connectivity index (χ0n) is 15.7. The van der Waals surface area contributed by atoms with Crippen LogP contribution in [0.3, 0.4) is 0 Å². The van der Waals surface area contributed by atoms with Crippen molar-refractivity contribution in [1.82, 2.24) is 0 Å². The molecule has 0 heterocycles. The second-order valence-corrected chi connectivity index (χ2v) is 8.50. The van der Waals surface area contributed by atoms with E-state index in [9.17, 15) is 18.0 Å². The quantitative estimate of drug-likeness (QED) is 0.691. The smallest absolute Gasteiger partial charge is 0.338 e. The minimum absolute atomic E-state index is 0.0553. The Morgan fingerprint density at radius 2 is 1.75 bits per heavy atom. The lowest BCUT2D eigenvalue weighted by Gasteiger charge is -2.23. The molecule has 1 atom stereocenters. The fraction of sp³-hybridized carbons (Fsp3) is 0.333. The summed E-state index contributed by atoms with van der Waals surface area (Å²) in [5.74, 6) is -0.667. The molecular weight excluding hydrogens is 378 g/mol. The summed E-state index contributed by atoms with van der Waals surface area (Å²) in [5.41, 5.74) is 0.796. The van der Waals surface area contributed by atoms with E-state index in [-0.39, 0.29) is 22.8 Å². The van der Waals surface area contributed by atoms with Crippen molar-refractivity contribution in [2.75, 3.05) is 10.8 Å². The van der Waals surface area contributed by atoms with E-state index in [2.05, 4.69) is 0 Å². The molecule has 0 aromatic heterocycles. The number of anilines is 1. The van der Waals surface area contributed by atoms with E-state index in [4.69, 9.17) is 4.74 Å². The number of hydrogen-bond donors (Lipinski definition) is 0. The highest BCUT2D eigenvalue weighted by Gasteiger charge is 2.27. The van der Waals surface area contributed by atoms with Gasteiger partial charge in [-0.2, -0.15) is 0 Å². The molecule has 7 heteroatoms. The predicted molar refractivity (Wildman–Crippen MR) is 106 cm³/mol. The van der Waals surface area contributed by atoms with Crippen LogP contribution < -0.4 is 4.31 Å². The van der Waals surface area contributed by atoms with Gasteiger partial charge in [0.1, 0.15) is 0 Å². The monoisotopic (exact) mass is 401 g/mol. The van der Waals surface area contributed by atoms with Crippen LogP contribution >= 0.6 is 0 Å². The van der Waals surface area contributed by atoms with E-state index in [0.29, 0.717) is 18.5 Å². The first kappa shape index (κ1) is 20.1. The second-order valence-electron chi connectivity index (χ2n) is 6.64. The number of ketones is 1. The Hall–Kier alpha value is -2.67. The van der Waals surface area contributed by atoms with Gasteiger partial charge in [0, 0.05) is 13.0 Å². The van der Waals surface area contributed by atoms with Crippen LogP contribution in [0.25, 0.3) is 0 Å². The van der Waals surface area contributed by atoms with Gasteiger partial charge in [0.2, 0.25) is 0 Å². The molecule has 0 unspecified atom stereocenters. The number of para-hydroxylation sites is 1. The molecule has 2 aromatic carbocycles. The highest BCUT2D eigenvalue weighted by molar-refractivity contribution is 7.92. The summed E-state index contributed by atoms with van der Waals surface area (Å²) in [4.78, 5) is 24.2. The summed E-state index contributed by atoms with van der Waals surface area (Å²) in [5, 5.41) is 0. The molecule has 0 saturated heterocycles. The molecule has 1 aliphatic rings. The Balaban J connectivity index is 1.77. The Kier molecular flexibility index (Phi) is 6.14. The number of esters is 1. The van der Waals surface area contributed by atoms with Gasteiger partial charge in [0.15, 0.2) is 11.9 Å². The first-order valence-electron chi connectivity index (χ1n) is 9.35. The maximum Gasteiger partial charge on any atom is 0.338 e. The van der Waals surface area contributed by atoms with Gasteiger partial charge in [-0.05, 0) is 62.6 Å². The maximum atomic E-state index is 13.0. The largest absolute Gasteiger partial charge is 0.451 e. The Morgan fingerprint density at radius 1 is 1.07 bits per heavy atom. The van der Waals surface area contributed by atoms with Gasteiger partial charge in [-0.1, -0.05) is 18.2 Å². The predicted octanol–water partition coefficient (Wildman–Crippen LogP) is 3.57. The molecule has 0 N–H and O–H groups in total. The number of Topliss-reactive ketones (excluding diaryl/α,β-unsaturated/α-hetero) is 1. The fourth-order valence-corrected chi connectivity index (χ4v) is 4.72. The minimum atomic E-state index is -3.76. The topological polar surface area (TPSA) is 80.8 Å². The van der Waals surface area contributed by atoms with Crippen molar-refractivity contribution in [3.05, 3.63) is 60.2 Å². The molecule has 0 aliphatic heterocycles. The molecule has 0 spiro atoms. The molecule has 1 saturated carbocycles. The fourth-order valence-electron chi connectivity index (χ4n) is 3.25. The molecule has 148 valence electrons. The van der Waals surface area contributed by atoms with Crippen LogP contribution in [0.4, 0.5) is 5.69 Å². The number of nitrogens with zero attached hydrogens (tertiary/aromatic N) is 1. The summed E-state index contributed by atoms with van der Waals surface area (Å²) in [6, 6.07) is 14.4. The van der Waals surface area contributed by atoms with Crippen molar-refractivity contribution in [1.29, 1.82) is 0 Å². The van der Waals surface area contributed by atoms with Crippen LogP contribution in [0.15, 0.2) is 59.5 Å². The first-order chi connectivity index (χ1) is 13.4. The van der Waals surface area contributed by atoms with Crippen LogP contribution in [-0.2, 0) is 19.6 Å². The van der Waals surface area contributed by atoms with E-state index in [1.54, 1.807) is 31.2 Å². The lowest BCUT2D eigenvalue weighted by molar-refractivity contribution is -0.129. The van der Waals surface area contributed by atoms with Crippen molar-refractivity contribution in [3.63, 3.8) is 0 Å². The van der Waals surface area contributed by atoms with Crippen molar-refractivity contribution in [2.45, 2.75) is 43.6 Å². The van der Waals surface area contributed by atoms with Gasteiger partial charge in [-0.3, -0.25) is 9.10 Å². The van der Waals surface area contributed by atoms with Gasteiger partial charge in [-0.15, -0.1) is 0 Å². The molecule has 0 amide bonds. The third-order valence-electron chi connectivity index (χ3n) is 4.76. The van der Waals surface area contributed by atoms with Crippen LogP contribution in [0.1, 0.15) is 43.0 Å². The minimum Gasteiger partial charge on any atom is -0.451 e. The summed E-state index contributed by atoms with van der Waals surface area (Å²) >= 11 is 0. The SMILES string of the molecule is CCN(c1ccccc1)S(=O)(=O)c1ccc(C(=O)O[C@H]2CCCCC2=O)cc1. The molecule has 0 bridgehead atoms. The van der Waals surface area contributed by atoms with Gasteiger partial charge < -0.3 is 4.74 Å². The van der Waals surface area contributed by atoms with Gasteiger partial charge in [0.25, 0.3) is 10.0 Å². The van der Waals surface area contributed by atoms with Gasteiger partial charge in [0.05, 0.1) is 16.1 Å². The molecule has 0 radical (unpaired) electrons. The Labute approximate surface area is 165 Å². The van der Waals surface area contributed by atoms with E-state index in [0.717, 1.165) is 12.8 Å². The van der Waals surface area contributed by atoms with Crippen molar-refractivity contribution in [3.8, 4) is 0 Å². The highest BCUT2D eigenvalue weighted by atomic mass is 32.2. The highest BCUT2D eigenvalue weighted by Crippen LogP contribution is 2.24. The van der Waals surface area contributed by atoms with E-state index in [1.165, 1.54) is 28.6 Å². The number of sulfonamides is 1. The average molecular weight is 401 g/mol. The summed E-state index contributed by atoms with van der Waals surface area (Å²) in [7, 11) is -3.76. The third-order valence-corrected chi connectivity index (χ3v) is 6.67. The molecule has 28 heavy (non-hydrogen) atoms. The zero-order chi connectivity index (χ0) is 20.1. The molecule has 1 aliphatic carbocycles. The number of carbonyl (C=O) groups is 2. The van der Waals surface area contributed by atoms with Crippen LogP contribution in [0, 0.1) is 0 Å². The second kappa shape index (κ2) is 8.56. The first-order valence-corrected chi connectivity index (χ1v) is 10.8. The number of benzene rings is 2. The standard InChI is InChI=1S/C21H23NO5S/c1-2-22(17-8-4-3-5-9-17)28(25,26)18-14-12-16(13-15-18)21(24)27-20-11-7-6-10-19(20)23/h3-5,8-9,12-15,20H,2,6-7,10-11H2,1H3/t20-/m0/s1. The lowest BCUT2D eigenvalue weighted by atomic mass is 9.96. The van der Waals surface area contributed by atoms with Crippen LogP contribution in [0.2, 0.25) is 0 Å². The van der Waals surface area contributed by atoms with Gasteiger partial charge >= 0.3 is 5.97 Å². The summed E-state index contributed by atoms with van der Waals surface area (Å²) < 4.78 is 32.6. The zero-order valence-corrected chi connectivity index (χ0v) is 16.5. The van der Waals surface area contributed by atoms with Crippen LogP contribution in [-0.4, -0.2) is 32.8 Å². The molecule has 1 fully saturated rings. The maximum absolute atomic E-state index is 13.0. The number of carbonyl (C=O) groups excluding carboxylic acids is 2. The Morgan fingerprint density at radius 3 is 2.36 bits per heavy atom. The Bertz CT molecular complexity index is 939. The normalized spacial score (nSPS) is 17.2. The van der Waals surface area contributed by atoms with Crippen LogP contribution in [0.5, 0.6) is 0 Å². The average Bonchev–Trinajstić information content (AvgIpc) is 2.71. The van der Waals surface area contributed by atoms with Crippen molar-refractivity contribution < 1.29 is 22.7 Å².